The molecule has 0 saturated carbocycles. The number of hydrogen-bond acceptors (Lipinski definition) is 4. The molecule has 0 rings (SSSR count). The first-order chi connectivity index (χ1) is 28.6. The highest BCUT2D eigenvalue weighted by Crippen LogP contribution is 2.17. The van der Waals surface area contributed by atoms with Crippen molar-refractivity contribution in [1.82, 2.24) is 5.32 Å². The monoisotopic (exact) mass is 816 g/mol. The maximum atomic E-state index is 12.5. The smallest absolute Gasteiger partial charge is 0.249 e. The van der Waals surface area contributed by atoms with E-state index in [2.05, 4.69) is 43.5 Å². The number of amides is 1. The lowest BCUT2D eigenvalue weighted by atomic mass is 10.0. The molecule has 58 heavy (non-hydrogen) atoms. The first kappa shape index (κ1) is 56.6. The molecule has 0 heterocycles. The number of allylic oxidation sites excluding steroid dienone is 5. The van der Waals surface area contributed by atoms with Crippen LogP contribution in [0.3, 0.4) is 0 Å². The van der Waals surface area contributed by atoms with Gasteiger partial charge in [-0.3, -0.25) is 4.79 Å². The molecule has 5 nitrogen and oxygen atoms in total. The van der Waals surface area contributed by atoms with Gasteiger partial charge in [0.15, 0.2) is 0 Å². The first-order valence-corrected chi connectivity index (χ1v) is 25.8. The minimum Gasteiger partial charge on any atom is -0.394 e. The zero-order chi connectivity index (χ0) is 42.3. The van der Waals surface area contributed by atoms with Crippen molar-refractivity contribution in [2.24, 2.45) is 0 Å². The summed E-state index contributed by atoms with van der Waals surface area (Å²) in [4.78, 5) is 12.5. The van der Waals surface area contributed by atoms with Gasteiger partial charge in [0.25, 0.3) is 0 Å². The van der Waals surface area contributed by atoms with Gasteiger partial charge in [0, 0.05) is 0 Å². The average Bonchev–Trinajstić information content (AvgIpc) is 3.23. The van der Waals surface area contributed by atoms with Crippen LogP contribution < -0.4 is 5.32 Å². The number of aliphatic hydroxyl groups is 3. The van der Waals surface area contributed by atoms with Gasteiger partial charge in [0.2, 0.25) is 5.91 Å². The molecule has 1 amide bonds. The molecule has 0 aromatic heterocycles. The van der Waals surface area contributed by atoms with Crippen molar-refractivity contribution < 1.29 is 20.1 Å². The number of rotatable bonds is 47. The molecule has 0 aliphatic rings. The molecule has 342 valence electrons. The number of carbonyl (C=O) groups excluding carboxylic acids is 1. The quantitative estimate of drug-likeness (QED) is 0.0364. The predicted octanol–water partition coefficient (Wildman–Crippen LogP) is 15.5. The van der Waals surface area contributed by atoms with E-state index in [0.717, 1.165) is 44.9 Å². The van der Waals surface area contributed by atoms with Crippen molar-refractivity contribution in [2.75, 3.05) is 6.61 Å². The highest BCUT2D eigenvalue weighted by Gasteiger charge is 2.22. The normalized spacial score (nSPS) is 13.7. The SMILES string of the molecule is CCCCCCCCCCCCC/C=C/CC/C=C/CC/C=C/C(O)C(CO)NC(=O)C(O)CCCCCCCCCCCCCCCCCCCCCCCCC. The van der Waals surface area contributed by atoms with E-state index in [4.69, 9.17) is 0 Å². The van der Waals surface area contributed by atoms with E-state index in [-0.39, 0.29) is 6.61 Å². The molecule has 0 spiro atoms. The van der Waals surface area contributed by atoms with Gasteiger partial charge in [-0.1, -0.05) is 262 Å². The molecule has 0 aliphatic carbocycles. The maximum absolute atomic E-state index is 12.5. The van der Waals surface area contributed by atoms with E-state index in [1.165, 1.54) is 205 Å². The van der Waals surface area contributed by atoms with E-state index < -0.39 is 24.2 Å². The van der Waals surface area contributed by atoms with Crippen LogP contribution in [0.4, 0.5) is 0 Å². The highest BCUT2D eigenvalue weighted by atomic mass is 16.3. The van der Waals surface area contributed by atoms with E-state index in [0.29, 0.717) is 6.42 Å². The summed E-state index contributed by atoms with van der Waals surface area (Å²) in [6, 6.07) is -0.819. The zero-order valence-electron chi connectivity index (χ0n) is 38.9. The second-order valence-corrected chi connectivity index (χ2v) is 17.7. The molecule has 0 aromatic rings. The Balaban J connectivity index is 3.65. The summed E-state index contributed by atoms with van der Waals surface area (Å²) < 4.78 is 0. The summed E-state index contributed by atoms with van der Waals surface area (Å²) >= 11 is 0. The van der Waals surface area contributed by atoms with Gasteiger partial charge < -0.3 is 20.6 Å². The lowest BCUT2D eigenvalue weighted by molar-refractivity contribution is -0.131. The Morgan fingerprint density at radius 3 is 1.05 bits per heavy atom. The molecule has 0 aromatic carbocycles. The Morgan fingerprint density at radius 1 is 0.414 bits per heavy atom. The maximum Gasteiger partial charge on any atom is 0.249 e. The van der Waals surface area contributed by atoms with Gasteiger partial charge in [0.1, 0.15) is 6.10 Å². The molecule has 0 bridgehead atoms. The van der Waals surface area contributed by atoms with Crippen molar-refractivity contribution in [1.29, 1.82) is 0 Å². The Bertz CT molecular complexity index is 901. The first-order valence-electron chi connectivity index (χ1n) is 25.8. The molecule has 0 saturated heterocycles. The molecule has 0 radical (unpaired) electrons. The number of hydrogen-bond donors (Lipinski definition) is 4. The van der Waals surface area contributed by atoms with Crippen LogP contribution in [0.15, 0.2) is 36.5 Å². The fourth-order valence-corrected chi connectivity index (χ4v) is 7.92. The molecule has 0 aliphatic heterocycles. The Hall–Kier alpha value is -1.43. The predicted molar refractivity (Wildman–Crippen MR) is 254 cm³/mol. The second-order valence-electron chi connectivity index (χ2n) is 17.7. The summed E-state index contributed by atoms with van der Waals surface area (Å²) in [6.07, 6.45) is 62.0. The molecule has 3 atom stereocenters. The standard InChI is InChI=1S/C53H101NO4/c1-3-5-7-9-11-13-15-17-19-21-23-25-26-28-30-32-34-36-38-40-42-44-46-48-52(57)53(58)54-50(49-55)51(56)47-45-43-41-39-37-35-33-31-29-27-24-22-20-18-16-14-12-10-8-6-4-2/h29,31,37,39,45,47,50-52,55-57H,3-28,30,32-36,38,40-44,46,48-49H2,1-2H3,(H,54,58)/b31-29+,39-37+,47-45+. The number of carbonyl (C=O) groups is 1. The second kappa shape index (κ2) is 48.2. The Morgan fingerprint density at radius 2 is 0.707 bits per heavy atom. The van der Waals surface area contributed by atoms with Crippen molar-refractivity contribution in [3.05, 3.63) is 36.5 Å². The molecular weight excluding hydrogens is 715 g/mol. The third kappa shape index (κ3) is 42.7. The van der Waals surface area contributed by atoms with Crippen molar-refractivity contribution in [2.45, 2.75) is 289 Å². The summed E-state index contributed by atoms with van der Waals surface area (Å²) in [5.41, 5.74) is 0. The summed E-state index contributed by atoms with van der Waals surface area (Å²) in [7, 11) is 0. The third-order valence-corrected chi connectivity index (χ3v) is 12.0. The van der Waals surface area contributed by atoms with Crippen molar-refractivity contribution in [3.63, 3.8) is 0 Å². The Labute approximate surface area is 362 Å². The summed E-state index contributed by atoms with van der Waals surface area (Å²) in [5.74, 6) is -0.513. The topological polar surface area (TPSA) is 89.8 Å². The third-order valence-electron chi connectivity index (χ3n) is 12.0. The lowest BCUT2D eigenvalue weighted by Gasteiger charge is -2.21. The van der Waals surface area contributed by atoms with Crippen LogP contribution in [0.25, 0.3) is 0 Å². The van der Waals surface area contributed by atoms with Crippen LogP contribution in [0.5, 0.6) is 0 Å². The molecule has 4 N–H and O–H groups in total. The van der Waals surface area contributed by atoms with Crippen LogP contribution >= 0.6 is 0 Å². The zero-order valence-corrected chi connectivity index (χ0v) is 38.9. The van der Waals surface area contributed by atoms with Crippen LogP contribution in [-0.2, 0) is 4.79 Å². The summed E-state index contributed by atoms with van der Waals surface area (Å²) in [6.45, 7) is 4.19. The van der Waals surface area contributed by atoms with Gasteiger partial charge in [-0.2, -0.15) is 0 Å². The van der Waals surface area contributed by atoms with Crippen LogP contribution in [0.2, 0.25) is 0 Å². The van der Waals surface area contributed by atoms with Gasteiger partial charge >= 0.3 is 0 Å². The van der Waals surface area contributed by atoms with E-state index in [1.54, 1.807) is 6.08 Å². The van der Waals surface area contributed by atoms with Gasteiger partial charge in [-0.15, -0.1) is 0 Å². The Kier molecular flexibility index (Phi) is 47.0. The van der Waals surface area contributed by atoms with E-state index >= 15 is 0 Å². The van der Waals surface area contributed by atoms with E-state index in [9.17, 15) is 20.1 Å². The van der Waals surface area contributed by atoms with Gasteiger partial charge in [-0.05, 0) is 44.9 Å². The lowest BCUT2D eigenvalue weighted by Crippen LogP contribution is -2.48. The van der Waals surface area contributed by atoms with Crippen molar-refractivity contribution >= 4 is 5.91 Å². The van der Waals surface area contributed by atoms with Gasteiger partial charge in [-0.25, -0.2) is 0 Å². The van der Waals surface area contributed by atoms with E-state index in [1.807, 2.05) is 6.08 Å². The number of unbranched alkanes of at least 4 members (excludes halogenated alkanes) is 35. The summed E-state index contributed by atoms with van der Waals surface area (Å²) in [5, 5.41) is 33.3. The van der Waals surface area contributed by atoms with Crippen LogP contribution in [0, 0.1) is 0 Å². The van der Waals surface area contributed by atoms with Crippen molar-refractivity contribution in [3.8, 4) is 0 Å². The van der Waals surface area contributed by atoms with Gasteiger partial charge in [0.05, 0.1) is 18.8 Å². The molecule has 5 heteroatoms. The molecular formula is C53H101NO4. The van der Waals surface area contributed by atoms with Crippen LogP contribution in [0.1, 0.15) is 271 Å². The fourth-order valence-electron chi connectivity index (χ4n) is 7.92. The fraction of sp³-hybridized carbons (Fsp3) is 0.868. The molecule has 0 fully saturated rings. The minimum absolute atomic E-state index is 0.379. The van der Waals surface area contributed by atoms with Crippen LogP contribution in [-0.4, -0.2) is 46.1 Å². The molecule has 3 unspecified atom stereocenters. The number of nitrogens with one attached hydrogen (secondary N) is 1. The highest BCUT2D eigenvalue weighted by molar-refractivity contribution is 5.80. The number of aliphatic hydroxyl groups excluding tert-OH is 3. The largest absolute Gasteiger partial charge is 0.394 e. The average molecular weight is 816 g/mol. The minimum atomic E-state index is -1.11.